The lowest BCUT2D eigenvalue weighted by Crippen LogP contribution is -2.33. The molecule has 1 atom stereocenters. The highest BCUT2D eigenvalue weighted by molar-refractivity contribution is 7.18. The van der Waals surface area contributed by atoms with Crippen LogP contribution in [0.3, 0.4) is 0 Å². The van der Waals surface area contributed by atoms with Gasteiger partial charge in [-0.2, -0.15) is 0 Å². The maximum absolute atomic E-state index is 12.7. The Kier molecular flexibility index (Phi) is 5.34. The lowest BCUT2D eigenvalue weighted by molar-refractivity contribution is 0.208. The third-order valence-corrected chi connectivity index (χ3v) is 5.91. The predicted octanol–water partition coefficient (Wildman–Crippen LogP) is 5.49. The number of nitrogens with one attached hydrogen (secondary N) is 1. The molecular weight excluding hydrogens is 370 g/mol. The Morgan fingerprint density at radius 3 is 2.77 bits per heavy atom. The van der Waals surface area contributed by atoms with Crippen molar-refractivity contribution in [3.05, 3.63) is 52.0 Å². The molecule has 26 heavy (non-hydrogen) atoms. The molecule has 1 N–H and O–H groups in total. The van der Waals surface area contributed by atoms with Crippen LogP contribution in [0.15, 0.2) is 36.4 Å². The number of carbonyl (C=O) groups excluding carboxylic acids is 1. The molecule has 0 aliphatic carbocycles. The molecule has 3 rings (SSSR count). The molecule has 0 aliphatic heterocycles. The molecule has 5 nitrogen and oxygen atoms in total. The summed E-state index contributed by atoms with van der Waals surface area (Å²) in [7, 11) is 3.30. The second-order valence-corrected chi connectivity index (χ2v) is 7.51. The summed E-state index contributed by atoms with van der Waals surface area (Å²) in [6.07, 6.45) is 0. The van der Waals surface area contributed by atoms with Crippen molar-refractivity contribution in [3.63, 3.8) is 0 Å². The van der Waals surface area contributed by atoms with Crippen LogP contribution in [0.1, 0.15) is 23.5 Å². The second-order valence-electron chi connectivity index (χ2n) is 6.04. The largest absolute Gasteiger partial charge is 0.495 e. The van der Waals surface area contributed by atoms with E-state index in [9.17, 15) is 4.79 Å². The lowest BCUT2D eigenvalue weighted by atomic mass is 10.2. The Hall–Kier alpha value is -2.31. The summed E-state index contributed by atoms with van der Waals surface area (Å²) in [4.78, 5) is 19.0. The van der Waals surface area contributed by atoms with Crippen LogP contribution in [0.4, 0.5) is 10.5 Å². The minimum absolute atomic E-state index is 0.160. The first-order valence-corrected chi connectivity index (χ1v) is 9.33. The van der Waals surface area contributed by atoms with E-state index in [1.54, 1.807) is 42.5 Å². The van der Waals surface area contributed by atoms with Gasteiger partial charge in [-0.25, -0.2) is 9.78 Å². The number of hydrogen-bond acceptors (Lipinski definition) is 4. The van der Waals surface area contributed by atoms with E-state index in [4.69, 9.17) is 16.3 Å². The average Bonchev–Trinajstić information content (AvgIpc) is 3.07. The number of benzene rings is 2. The number of ether oxygens (including phenoxy) is 1. The Morgan fingerprint density at radius 2 is 2.08 bits per heavy atom. The molecule has 7 heteroatoms. The van der Waals surface area contributed by atoms with Crippen molar-refractivity contribution in [3.8, 4) is 5.75 Å². The van der Waals surface area contributed by atoms with E-state index in [0.29, 0.717) is 16.5 Å². The van der Waals surface area contributed by atoms with Crippen LogP contribution in [0.25, 0.3) is 10.2 Å². The molecular formula is C19H20ClN3O2S. The average molecular weight is 390 g/mol. The molecule has 0 spiro atoms. The maximum atomic E-state index is 12.7. The molecule has 0 radical (unpaired) electrons. The molecule has 0 unspecified atom stereocenters. The zero-order chi connectivity index (χ0) is 18.8. The number of hydrogen-bond donors (Lipinski definition) is 1. The number of methoxy groups -OCH3 is 1. The van der Waals surface area contributed by atoms with E-state index in [2.05, 4.69) is 10.3 Å². The summed E-state index contributed by atoms with van der Waals surface area (Å²) < 4.78 is 6.43. The quantitative estimate of drug-likeness (QED) is 0.641. The first kappa shape index (κ1) is 18.5. The van der Waals surface area contributed by atoms with Gasteiger partial charge in [0.05, 0.1) is 29.1 Å². The summed E-state index contributed by atoms with van der Waals surface area (Å²) in [6.45, 7) is 3.84. The van der Waals surface area contributed by atoms with Gasteiger partial charge in [0.2, 0.25) is 0 Å². The van der Waals surface area contributed by atoms with Gasteiger partial charge in [0, 0.05) is 18.1 Å². The summed E-state index contributed by atoms with van der Waals surface area (Å²) in [5.74, 6) is 0.523. The fourth-order valence-electron chi connectivity index (χ4n) is 2.54. The molecule has 0 bridgehead atoms. The molecule has 0 fully saturated rings. The monoisotopic (exact) mass is 389 g/mol. The van der Waals surface area contributed by atoms with Gasteiger partial charge in [0.1, 0.15) is 10.8 Å². The number of urea groups is 1. The number of anilines is 1. The van der Waals surface area contributed by atoms with Crippen LogP contribution in [-0.4, -0.2) is 30.1 Å². The number of carbonyl (C=O) groups is 1. The summed E-state index contributed by atoms with van der Waals surface area (Å²) in [5.41, 5.74) is 2.40. The van der Waals surface area contributed by atoms with Crippen LogP contribution in [-0.2, 0) is 0 Å². The van der Waals surface area contributed by atoms with Crippen LogP contribution >= 0.6 is 22.9 Å². The van der Waals surface area contributed by atoms with Crippen molar-refractivity contribution in [1.29, 1.82) is 0 Å². The minimum Gasteiger partial charge on any atom is -0.495 e. The zero-order valence-electron chi connectivity index (χ0n) is 15.0. The van der Waals surface area contributed by atoms with E-state index in [0.717, 1.165) is 20.8 Å². The summed E-state index contributed by atoms with van der Waals surface area (Å²) in [6, 6.07) is 11.1. The Bertz CT molecular complexity index is 924. The van der Waals surface area contributed by atoms with Crippen molar-refractivity contribution in [2.45, 2.75) is 19.9 Å². The number of amides is 2. The normalized spacial score (nSPS) is 12.0. The molecule has 136 valence electrons. The number of aromatic nitrogens is 1. The maximum Gasteiger partial charge on any atom is 0.322 e. The van der Waals surface area contributed by atoms with E-state index in [1.165, 1.54) is 0 Å². The fraction of sp³-hybridized carbons (Fsp3) is 0.263. The molecule has 2 aromatic carbocycles. The number of nitrogens with zero attached hydrogens (tertiary/aromatic N) is 2. The van der Waals surface area contributed by atoms with Crippen LogP contribution < -0.4 is 10.1 Å². The fourth-order valence-corrected chi connectivity index (χ4v) is 3.76. The number of rotatable bonds is 4. The topological polar surface area (TPSA) is 54.5 Å². The summed E-state index contributed by atoms with van der Waals surface area (Å²) >= 11 is 7.72. The predicted molar refractivity (Wildman–Crippen MR) is 108 cm³/mol. The Labute approximate surface area is 161 Å². The molecule has 1 aromatic heterocycles. The number of fused-ring (bicyclic) bond motifs is 1. The second kappa shape index (κ2) is 7.51. The number of para-hydroxylation sites is 1. The Morgan fingerprint density at radius 1 is 1.35 bits per heavy atom. The smallest absolute Gasteiger partial charge is 0.322 e. The molecule has 3 aromatic rings. The first-order chi connectivity index (χ1) is 12.4. The van der Waals surface area contributed by atoms with Gasteiger partial charge in [0.25, 0.3) is 0 Å². The SMILES string of the molecule is COc1cc(Cl)c(C)cc1NC(=O)N(C)[C@@H](C)c1nc2ccccc2s1. The Balaban J connectivity index is 1.80. The van der Waals surface area contributed by atoms with Crippen molar-refractivity contribution < 1.29 is 9.53 Å². The number of thiazole rings is 1. The third kappa shape index (κ3) is 3.61. The van der Waals surface area contributed by atoms with E-state index in [1.807, 2.05) is 38.1 Å². The van der Waals surface area contributed by atoms with E-state index < -0.39 is 0 Å². The van der Waals surface area contributed by atoms with E-state index >= 15 is 0 Å². The highest BCUT2D eigenvalue weighted by Crippen LogP contribution is 2.32. The number of aryl methyl sites for hydroxylation is 1. The zero-order valence-corrected chi connectivity index (χ0v) is 16.6. The van der Waals surface area contributed by atoms with Crippen molar-refractivity contribution in [2.24, 2.45) is 0 Å². The first-order valence-electron chi connectivity index (χ1n) is 8.14. The third-order valence-electron chi connectivity index (χ3n) is 4.29. The lowest BCUT2D eigenvalue weighted by Gasteiger charge is -2.24. The van der Waals surface area contributed by atoms with Gasteiger partial charge in [-0.15, -0.1) is 11.3 Å². The van der Waals surface area contributed by atoms with Gasteiger partial charge in [0.15, 0.2) is 0 Å². The van der Waals surface area contributed by atoms with Gasteiger partial charge >= 0.3 is 6.03 Å². The van der Waals surface area contributed by atoms with Gasteiger partial charge in [-0.1, -0.05) is 23.7 Å². The molecule has 0 saturated carbocycles. The molecule has 0 aliphatic rings. The van der Waals surface area contributed by atoms with Crippen molar-refractivity contribution >= 4 is 44.9 Å². The van der Waals surface area contributed by atoms with Crippen LogP contribution in [0.2, 0.25) is 5.02 Å². The van der Waals surface area contributed by atoms with Crippen LogP contribution in [0, 0.1) is 6.92 Å². The van der Waals surface area contributed by atoms with Crippen molar-refractivity contribution in [2.75, 3.05) is 19.5 Å². The molecule has 1 heterocycles. The van der Waals surface area contributed by atoms with E-state index in [-0.39, 0.29) is 12.1 Å². The molecule has 2 amide bonds. The van der Waals surface area contributed by atoms with Gasteiger partial charge in [-0.3, -0.25) is 0 Å². The minimum atomic E-state index is -0.239. The van der Waals surface area contributed by atoms with Gasteiger partial charge in [-0.05, 0) is 37.6 Å². The number of halogens is 1. The van der Waals surface area contributed by atoms with Gasteiger partial charge < -0.3 is 15.0 Å². The standard InChI is InChI=1S/C19H20ClN3O2S/c1-11-9-15(16(25-4)10-13(11)20)22-19(24)23(3)12(2)18-21-14-7-5-6-8-17(14)26-18/h5-10,12H,1-4H3,(H,22,24)/t12-/m0/s1. The highest BCUT2D eigenvalue weighted by atomic mass is 35.5. The highest BCUT2D eigenvalue weighted by Gasteiger charge is 2.22. The van der Waals surface area contributed by atoms with Crippen LogP contribution in [0.5, 0.6) is 5.75 Å². The molecule has 0 saturated heterocycles. The summed E-state index contributed by atoms with van der Waals surface area (Å²) in [5, 5.41) is 4.38. The van der Waals surface area contributed by atoms with Crippen molar-refractivity contribution in [1.82, 2.24) is 9.88 Å².